The van der Waals surface area contributed by atoms with Crippen LogP contribution in [0, 0.1) is 6.92 Å². The summed E-state index contributed by atoms with van der Waals surface area (Å²) >= 11 is 0. The number of nitrogens with zero attached hydrogens (tertiary/aromatic N) is 1. The first-order valence-electron chi connectivity index (χ1n) is 7.66. The third kappa shape index (κ3) is 4.58. The van der Waals surface area contributed by atoms with Gasteiger partial charge in [-0.1, -0.05) is 36.9 Å². The molecule has 0 amide bonds. The minimum atomic E-state index is 0.186. The molecule has 0 aliphatic carbocycles. The average Bonchev–Trinajstić information content (AvgIpc) is 3.33. The number of anilines is 1. The van der Waals surface area contributed by atoms with Crippen molar-refractivity contribution in [1.82, 2.24) is 0 Å². The fraction of sp³-hybridized carbons (Fsp3) is 0.368. The molecule has 2 unspecified atom stereocenters. The molecule has 3 heteroatoms. The molecule has 1 heterocycles. The van der Waals surface area contributed by atoms with Crippen molar-refractivity contribution in [3.05, 3.63) is 66.9 Å². The van der Waals surface area contributed by atoms with Gasteiger partial charge in [-0.2, -0.15) is 0 Å². The summed E-state index contributed by atoms with van der Waals surface area (Å²) < 4.78 is 10.9. The summed E-state index contributed by atoms with van der Waals surface area (Å²) in [6.07, 6.45) is 5.89. The van der Waals surface area contributed by atoms with Crippen LogP contribution in [-0.4, -0.2) is 32.0 Å². The zero-order valence-corrected chi connectivity index (χ0v) is 13.5. The maximum Gasteiger partial charge on any atom is 0.104 e. The fourth-order valence-corrected chi connectivity index (χ4v) is 2.34. The maximum atomic E-state index is 5.76. The molecular weight excluding hydrogens is 274 g/mol. The molecule has 1 aromatic rings. The van der Waals surface area contributed by atoms with Crippen molar-refractivity contribution in [1.29, 1.82) is 0 Å². The van der Waals surface area contributed by atoms with Crippen LogP contribution in [0.3, 0.4) is 0 Å². The molecule has 1 saturated heterocycles. The van der Waals surface area contributed by atoms with Crippen LogP contribution in [0.5, 0.6) is 0 Å². The van der Waals surface area contributed by atoms with Gasteiger partial charge in [-0.25, -0.2) is 0 Å². The fourth-order valence-electron chi connectivity index (χ4n) is 2.34. The molecule has 1 aromatic carbocycles. The molecule has 0 bridgehead atoms. The van der Waals surface area contributed by atoms with Gasteiger partial charge in [0, 0.05) is 11.4 Å². The summed E-state index contributed by atoms with van der Waals surface area (Å²) in [4.78, 5) is 2.22. The van der Waals surface area contributed by atoms with Gasteiger partial charge in [-0.15, -0.1) is 0 Å². The lowest BCUT2D eigenvalue weighted by Gasteiger charge is -2.32. The van der Waals surface area contributed by atoms with Crippen LogP contribution in [0.15, 0.2) is 61.3 Å². The maximum absolute atomic E-state index is 5.76. The van der Waals surface area contributed by atoms with E-state index in [9.17, 15) is 0 Å². The number of benzene rings is 1. The second-order valence-corrected chi connectivity index (χ2v) is 5.58. The van der Waals surface area contributed by atoms with Crippen LogP contribution in [0.4, 0.5) is 5.69 Å². The van der Waals surface area contributed by atoms with Crippen molar-refractivity contribution in [2.75, 3.05) is 24.7 Å². The van der Waals surface area contributed by atoms with Crippen molar-refractivity contribution < 1.29 is 9.47 Å². The van der Waals surface area contributed by atoms with Crippen molar-refractivity contribution in [2.45, 2.75) is 26.0 Å². The highest BCUT2D eigenvalue weighted by atomic mass is 16.6. The Morgan fingerprint density at radius 1 is 1.41 bits per heavy atom. The van der Waals surface area contributed by atoms with Gasteiger partial charge in [0.1, 0.15) is 6.10 Å². The standard InChI is InChI=1S/C19H25NO2/c1-5-7-17(6-2)20(18-10-8-15(3)9-11-18)16(4)12-21-13-19-14-22-19/h5-11,16,19H,1-2,12-14H2,3-4H3/b17-7+. The zero-order valence-electron chi connectivity index (χ0n) is 13.5. The smallest absolute Gasteiger partial charge is 0.104 e. The molecule has 2 atom stereocenters. The molecule has 22 heavy (non-hydrogen) atoms. The summed E-state index contributed by atoms with van der Waals surface area (Å²) in [5, 5.41) is 0. The van der Waals surface area contributed by atoms with Crippen molar-refractivity contribution >= 4 is 5.69 Å². The summed E-state index contributed by atoms with van der Waals surface area (Å²) in [6.45, 7) is 14.1. The lowest BCUT2D eigenvalue weighted by atomic mass is 10.1. The number of rotatable bonds is 9. The van der Waals surface area contributed by atoms with Crippen LogP contribution in [0.2, 0.25) is 0 Å². The van der Waals surface area contributed by atoms with Crippen molar-refractivity contribution in [3.8, 4) is 0 Å². The zero-order chi connectivity index (χ0) is 15.9. The monoisotopic (exact) mass is 299 g/mol. The van der Waals surface area contributed by atoms with E-state index < -0.39 is 0 Å². The first-order chi connectivity index (χ1) is 10.7. The number of aryl methyl sites for hydroxylation is 1. The van der Waals surface area contributed by atoms with Crippen LogP contribution in [-0.2, 0) is 9.47 Å². The Morgan fingerprint density at radius 2 is 2.09 bits per heavy atom. The van der Waals surface area contributed by atoms with Crippen LogP contribution >= 0.6 is 0 Å². The van der Waals surface area contributed by atoms with Gasteiger partial charge in [0.2, 0.25) is 0 Å². The van der Waals surface area contributed by atoms with E-state index in [1.54, 1.807) is 6.08 Å². The largest absolute Gasteiger partial charge is 0.377 e. The first-order valence-corrected chi connectivity index (χ1v) is 7.66. The van der Waals surface area contributed by atoms with Gasteiger partial charge in [-0.05, 0) is 38.1 Å². The number of allylic oxidation sites excluding steroid dienone is 3. The first kappa shape index (κ1) is 16.5. The van der Waals surface area contributed by atoms with Crippen molar-refractivity contribution in [2.24, 2.45) is 0 Å². The molecule has 0 N–H and O–H groups in total. The highest BCUT2D eigenvalue weighted by Gasteiger charge is 2.24. The minimum Gasteiger partial charge on any atom is -0.377 e. The molecule has 1 fully saturated rings. The molecule has 0 spiro atoms. The minimum absolute atomic E-state index is 0.186. The summed E-state index contributed by atoms with van der Waals surface area (Å²) in [6, 6.07) is 8.66. The van der Waals surface area contributed by atoms with Gasteiger partial charge in [0.15, 0.2) is 0 Å². The predicted molar refractivity (Wildman–Crippen MR) is 92.2 cm³/mol. The molecule has 2 rings (SSSR count). The van der Waals surface area contributed by atoms with E-state index in [0.29, 0.717) is 19.3 Å². The number of hydrogen-bond donors (Lipinski definition) is 0. The highest BCUT2D eigenvalue weighted by molar-refractivity contribution is 5.56. The number of ether oxygens (including phenoxy) is 2. The lowest BCUT2D eigenvalue weighted by Crippen LogP contribution is -2.35. The quantitative estimate of drug-likeness (QED) is 0.511. The van der Waals surface area contributed by atoms with Crippen LogP contribution in [0.1, 0.15) is 12.5 Å². The Hall–Kier alpha value is -1.84. The lowest BCUT2D eigenvalue weighted by molar-refractivity contribution is 0.107. The molecule has 0 radical (unpaired) electrons. The van der Waals surface area contributed by atoms with E-state index in [0.717, 1.165) is 18.0 Å². The molecule has 1 aliphatic heterocycles. The van der Waals surface area contributed by atoms with E-state index in [1.807, 2.05) is 12.2 Å². The van der Waals surface area contributed by atoms with Gasteiger partial charge >= 0.3 is 0 Å². The molecule has 0 aromatic heterocycles. The Labute approximate surface area is 133 Å². The van der Waals surface area contributed by atoms with E-state index >= 15 is 0 Å². The summed E-state index contributed by atoms with van der Waals surface area (Å²) in [7, 11) is 0. The summed E-state index contributed by atoms with van der Waals surface area (Å²) in [5.74, 6) is 0. The molecule has 3 nitrogen and oxygen atoms in total. The van der Waals surface area contributed by atoms with E-state index in [1.165, 1.54) is 5.56 Å². The Morgan fingerprint density at radius 3 is 2.64 bits per heavy atom. The SMILES string of the molecule is C=C/C=C(\C=C)N(c1ccc(C)cc1)C(C)COCC1CO1. The van der Waals surface area contributed by atoms with Gasteiger partial charge < -0.3 is 14.4 Å². The van der Waals surface area contributed by atoms with Gasteiger partial charge in [0.25, 0.3) is 0 Å². The molecule has 118 valence electrons. The third-order valence-electron chi connectivity index (χ3n) is 3.59. The second-order valence-electron chi connectivity index (χ2n) is 5.58. The van der Waals surface area contributed by atoms with E-state index in [2.05, 4.69) is 56.2 Å². The Bertz CT molecular complexity index is 529. The molecule has 1 aliphatic rings. The van der Waals surface area contributed by atoms with Crippen LogP contribution in [0.25, 0.3) is 0 Å². The highest BCUT2D eigenvalue weighted by Crippen LogP contribution is 2.24. The topological polar surface area (TPSA) is 25.0 Å². The van der Waals surface area contributed by atoms with E-state index in [4.69, 9.17) is 9.47 Å². The van der Waals surface area contributed by atoms with Crippen molar-refractivity contribution in [3.63, 3.8) is 0 Å². The summed E-state index contributed by atoms with van der Waals surface area (Å²) in [5.41, 5.74) is 3.38. The second kappa shape index (κ2) is 7.97. The van der Waals surface area contributed by atoms with Crippen LogP contribution < -0.4 is 4.90 Å². The molecule has 0 saturated carbocycles. The van der Waals surface area contributed by atoms with E-state index in [-0.39, 0.29) is 6.04 Å². The predicted octanol–water partition coefficient (Wildman–Crippen LogP) is 3.86. The average molecular weight is 299 g/mol. The number of epoxide rings is 1. The Kier molecular flexibility index (Phi) is 5.99. The normalized spacial score (nSPS) is 18.6. The molecular formula is C19H25NO2. The third-order valence-corrected chi connectivity index (χ3v) is 3.59. The van der Waals surface area contributed by atoms with Gasteiger partial charge in [-0.3, -0.25) is 0 Å². The Balaban J connectivity index is 2.15. The number of hydrogen-bond acceptors (Lipinski definition) is 3. The van der Waals surface area contributed by atoms with Gasteiger partial charge in [0.05, 0.1) is 25.9 Å².